The maximum Gasteiger partial charge on any atom is 0.343 e. The van der Waals surface area contributed by atoms with Gasteiger partial charge in [0.25, 0.3) is 0 Å². The van der Waals surface area contributed by atoms with E-state index in [0.717, 1.165) is 24.8 Å². The summed E-state index contributed by atoms with van der Waals surface area (Å²) >= 11 is 5.90. The van der Waals surface area contributed by atoms with Gasteiger partial charge in [-0.25, -0.2) is 9.59 Å². The molecule has 0 radical (unpaired) electrons. The molecule has 0 amide bonds. The summed E-state index contributed by atoms with van der Waals surface area (Å²) in [6, 6.07) is 11.3. The van der Waals surface area contributed by atoms with Crippen LogP contribution in [-0.2, 0) is 4.74 Å². The van der Waals surface area contributed by atoms with Gasteiger partial charge in [-0.15, -0.1) is 0 Å². The molecule has 0 unspecified atom stereocenters. The van der Waals surface area contributed by atoms with Crippen LogP contribution in [0.15, 0.2) is 42.5 Å². The molecule has 0 fully saturated rings. The number of halogens is 1. The number of aryl methyl sites for hydroxylation is 1. The second-order valence-electron chi connectivity index (χ2n) is 5.72. The van der Waals surface area contributed by atoms with Crippen LogP contribution >= 0.6 is 11.6 Å². The first-order chi connectivity index (χ1) is 12.0. The number of hydrogen-bond acceptors (Lipinski definition) is 4. The molecule has 0 atom stereocenters. The van der Waals surface area contributed by atoms with Crippen molar-refractivity contribution in [2.24, 2.45) is 0 Å². The van der Waals surface area contributed by atoms with Gasteiger partial charge < -0.3 is 9.47 Å². The molecule has 2 aromatic rings. The number of unbranched alkanes of at least 4 members (excludes halogenated alkanes) is 2. The predicted molar refractivity (Wildman–Crippen MR) is 97.4 cm³/mol. The number of ether oxygens (including phenoxy) is 2. The van der Waals surface area contributed by atoms with Crippen molar-refractivity contribution < 1.29 is 19.1 Å². The summed E-state index contributed by atoms with van der Waals surface area (Å²) in [7, 11) is 0. The van der Waals surface area contributed by atoms with E-state index in [2.05, 4.69) is 6.92 Å². The number of carbonyl (C=O) groups is 2. The molecule has 5 heteroatoms. The molecule has 0 bridgehead atoms. The van der Waals surface area contributed by atoms with Gasteiger partial charge in [-0.1, -0.05) is 37.4 Å². The van der Waals surface area contributed by atoms with E-state index in [1.54, 1.807) is 43.3 Å². The average molecular weight is 361 g/mol. The van der Waals surface area contributed by atoms with Gasteiger partial charge in [0.2, 0.25) is 0 Å². The molecule has 0 aromatic heterocycles. The van der Waals surface area contributed by atoms with Crippen molar-refractivity contribution in [2.75, 3.05) is 6.61 Å². The minimum Gasteiger partial charge on any atom is -0.462 e. The zero-order valence-electron chi connectivity index (χ0n) is 14.4. The molecule has 0 aliphatic carbocycles. The molecule has 2 aromatic carbocycles. The zero-order valence-corrected chi connectivity index (χ0v) is 15.1. The largest absolute Gasteiger partial charge is 0.462 e. The fraction of sp³-hybridized carbons (Fsp3) is 0.300. The molecule has 25 heavy (non-hydrogen) atoms. The van der Waals surface area contributed by atoms with Gasteiger partial charge in [0.1, 0.15) is 5.75 Å². The van der Waals surface area contributed by atoms with Crippen molar-refractivity contribution in [3.05, 3.63) is 64.2 Å². The second kappa shape index (κ2) is 9.23. The Morgan fingerprint density at radius 2 is 1.72 bits per heavy atom. The quantitative estimate of drug-likeness (QED) is 0.386. The molecule has 4 nitrogen and oxygen atoms in total. The molecule has 2 rings (SSSR count). The Balaban J connectivity index is 2.04. The van der Waals surface area contributed by atoms with E-state index in [9.17, 15) is 9.59 Å². The Morgan fingerprint density at radius 3 is 2.40 bits per heavy atom. The Labute approximate surface area is 152 Å². The van der Waals surface area contributed by atoms with Crippen LogP contribution in [0.3, 0.4) is 0 Å². The summed E-state index contributed by atoms with van der Waals surface area (Å²) in [5, 5.41) is 0.574. The number of hydrogen-bond donors (Lipinski definition) is 0. The summed E-state index contributed by atoms with van der Waals surface area (Å²) in [5.74, 6) is -0.540. The van der Waals surface area contributed by atoms with Crippen molar-refractivity contribution >= 4 is 23.5 Å². The van der Waals surface area contributed by atoms with E-state index >= 15 is 0 Å². The third-order valence-corrected chi connectivity index (χ3v) is 3.89. The first kappa shape index (κ1) is 19.0. The molecule has 132 valence electrons. The van der Waals surface area contributed by atoms with Crippen LogP contribution < -0.4 is 4.74 Å². The summed E-state index contributed by atoms with van der Waals surface area (Å²) in [6.45, 7) is 4.27. The van der Waals surface area contributed by atoms with E-state index in [4.69, 9.17) is 21.1 Å². The number of carbonyl (C=O) groups excluding carboxylic acids is 2. The van der Waals surface area contributed by atoms with Crippen LogP contribution in [0.5, 0.6) is 5.75 Å². The van der Waals surface area contributed by atoms with Gasteiger partial charge in [0.15, 0.2) is 0 Å². The summed E-state index contributed by atoms with van der Waals surface area (Å²) < 4.78 is 10.6. The van der Waals surface area contributed by atoms with E-state index in [1.165, 1.54) is 6.07 Å². The fourth-order valence-electron chi connectivity index (χ4n) is 2.26. The third-order valence-electron chi connectivity index (χ3n) is 3.65. The lowest BCUT2D eigenvalue weighted by Crippen LogP contribution is -2.12. The van der Waals surface area contributed by atoms with Crippen molar-refractivity contribution in [3.8, 4) is 5.75 Å². The molecule has 0 aliphatic rings. The maximum absolute atomic E-state index is 12.3. The molecular weight excluding hydrogens is 340 g/mol. The van der Waals surface area contributed by atoms with Crippen molar-refractivity contribution in [1.29, 1.82) is 0 Å². The highest BCUT2D eigenvalue weighted by Gasteiger charge is 2.14. The lowest BCUT2D eigenvalue weighted by molar-refractivity contribution is 0.0498. The van der Waals surface area contributed by atoms with Crippen LogP contribution in [0, 0.1) is 6.92 Å². The first-order valence-corrected chi connectivity index (χ1v) is 8.64. The molecule has 0 saturated heterocycles. The zero-order chi connectivity index (χ0) is 18.2. The molecule has 0 spiro atoms. The van der Waals surface area contributed by atoms with Crippen molar-refractivity contribution in [3.63, 3.8) is 0 Å². The normalized spacial score (nSPS) is 10.4. The Morgan fingerprint density at radius 1 is 1.00 bits per heavy atom. The summed E-state index contributed by atoms with van der Waals surface area (Å²) in [4.78, 5) is 24.4. The van der Waals surface area contributed by atoms with Crippen molar-refractivity contribution in [1.82, 2.24) is 0 Å². The highest BCUT2D eigenvalue weighted by molar-refractivity contribution is 6.30. The number of esters is 2. The number of rotatable bonds is 7. The Kier molecular flexibility index (Phi) is 7.02. The SMILES string of the molecule is CCCCCOC(=O)c1cccc(C(=O)Oc2ccc(Cl)cc2C)c1. The van der Waals surface area contributed by atoms with Gasteiger partial charge in [0, 0.05) is 5.02 Å². The first-order valence-electron chi connectivity index (χ1n) is 8.26. The lowest BCUT2D eigenvalue weighted by Gasteiger charge is -2.09. The standard InChI is InChI=1S/C20H21ClO4/c1-3-4-5-11-24-19(22)15-7-6-8-16(13-15)20(23)25-18-10-9-17(21)12-14(18)2/h6-10,12-13H,3-5,11H2,1-2H3. The average Bonchev–Trinajstić information content (AvgIpc) is 2.61. The maximum atomic E-state index is 12.3. The molecule has 0 N–H and O–H groups in total. The van der Waals surface area contributed by atoms with Crippen LogP contribution in [0.4, 0.5) is 0 Å². The smallest absolute Gasteiger partial charge is 0.343 e. The molecule has 0 heterocycles. The van der Waals surface area contributed by atoms with Gasteiger partial charge in [-0.3, -0.25) is 0 Å². The monoisotopic (exact) mass is 360 g/mol. The number of benzene rings is 2. The summed E-state index contributed by atoms with van der Waals surface area (Å²) in [5.41, 5.74) is 1.38. The predicted octanol–water partition coefficient (Wildman–Crippen LogP) is 5.21. The highest BCUT2D eigenvalue weighted by Crippen LogP contribution is 2.23. The van der Waals surface area contributed by atoms with Crippen LogP contribution in [0.2, 0.25) is 5.02 Å². The van der Waals surface area contributed by atoms with Crippen molar-refractivity contribution in [2.45, 2.75) is 33.1 Å². The summed E-state index contributed by atoms with van der Waals surface area (Å²) in [6.07, 6.45) is 2.91. The topological polar surface area (TPSA) is 52.6 Å². The molecule has 0 saturated carbocycles. The molecular formula is C20H21ClO4. The Bertz CT molecular complexity index is 755. The van der Waals surface area contributed by atoms with Gasteiger partial charge in [-0.05, 0) is 55.3 Å². The van der Waals surface area contributed by atoms with Gasteiger partial charge in [0.05, 0.1) is 17.7 Å². The van der Waals surface area contributed by atoms with E-state index in [0.29, 0.717) is 22.9 Å². The second-order valence-corrected chi connectivity index (χ2v) is 6.16. The Hall–Kier alpha value is -2.33. The van der Waals surface area contributed by atoms with E-state index < -0.39 is 11.9 Å². The van der Waals surface area contributed by atoms with Crippen LogP contribution in [0.1, 0.15) is 52.5 Å². The van der Waals surface area contributed by atoms with Crippen LogP contribution in [0.25, 0.3) is 0 Å². The highest BCUT2D eigenvalue weighted by atomic mass is 35.5. The van der Waals surface area contributed by atoms with Gasteiger partial charge >= 0.3 is 11.9 Å². The minimum absolute atomic E-state index is 0.289. The van der Waals surface area contributed by atoms with Crippen LogP contribution in [-0.4, -0.2) is 18.5 Å². The fourth-order valence-corrected chi connectivity index (χ4v) is 2.49. The third kappa shape index (κ3) is 5.61. The minimum atomic E-state index is -0.536. The molecule has 0 aliphatic heterocycles. The van der Waals surface area contributed by atoms with E-state index in [-0.39, 0.29) is 5.56 Å². The van der Waals surface area contributed by atoms with Gasteiger partial charge in [-0.2, -0.15) is 0 Å². The lowest BCUT2D eigenvalue weighted by atomic mass is 10.1. The van der Waals surface area contributed by atoms with E-state index in [1.807, 2.05) is 0 Å².